The average molecular weight is 632 g/mol. The predicted molar refractivity (Wildman–Crippen MR) is 158 cm³/mol. The molecule has 2 fully saturated rings. The van der Waals surface area contributed by atoms with Crippen molar-refractivity contribution < 1.29 is 18.7 Å². The third-order valence-electron chi connectivity index (χ3n) is 7.92. The summed E-state index contributed by atoms with van der Waals surface area (Å²) < 4.78 is 22.6. The first kappa shape index (κ1) is 28.6. The van der Waals surface area contributed by atoms with Gasteiger partial charge in [0.2, 0.25) is 5.78 Å². The van der Waals surface area contributed by atoms with Crippen LogP contribution in [0.25, 0.3) is 10.9 Å². The van der Waals surface area contributed by atoms with Gasteiger partial charge < -0.3 is 15.0 Å². The van der Waals surface area contributed by atoms with Gasteiger partial charge in [0.15, 0.2) is 11.0 Å². The molecule has 4 heterocycles. The van der Waals surface area contributed by atoms with Crippen LogP contribution in [0.1, 0.15) is 46.6 Å². The van der Waals surface area contributed by atoms with Gasteiger partial charge in [0.05, 0.1) is 33.7 Å². The molecule has 4 aromatic rings. The summed E-state index contributed by atoms with van der Waals surface area (Å²) in [6.07, 6.45) is -0.388. The summed E-state index contributed by atoms with van der Waals surface area (Å²) in [5.41, 5.74) is 1.91. The lowest BCUT2D eigenvalue weighted by Crippen LogP contribution is -2.58. The Morgan fingerprint density at radius 1 is 1.10 bits per heavy atom. The molecule has 42 heavy (non-hydrogen) atoms. The molecule has 0 spiro atoms. The molecule has 9 nitrogen and oxygen atoms in total. The first-order chi connectivity index (χ1) is 20.1. The van der Waals surface area contributed by atoms with Gasteiger partial charge >= 0.3 is 6.09 Å². The second-order valence-electron chi connectivity index (χ2n) is 10.5. The van der Waals surface area contributed by atoms with Gasteiger partial charge in [-0.25, -0.2) is 19.2 Å². The average Bonchev–Trinajstić information content (AvgIpc) is 3.47. The van der Waals surface area contributed by atoms with Crippen molar-refractivity contribution in [3.05, 3.63) is 80.3 Å². The number of rotatable bonds is 6. The maximum absolute atomic E-state index is 15.8. The van der Waals surface area contributed by atoms with Crippen molar-refractivity contribution in [3.8, 4) is 0 Å². The number of alkyl carbamates (subject to hydrolysis) is 1. The van der Waals surface area contributed by atoms with E-state index in [4.69, 9.17) is 39.5 Å². The Bertz CT molecular complexity index is 1700. The zero-order valence-corrected chi connectivity index (χ0v) is 24.9. The normalized spacial score (nSPS) is 21.5. The molecule has 1 unspecified atom stereocenters. The minimum atomic E-state index is -1.37. The maximum atomic E-state index is 15.8. The lowest BCUT2D eigenvalue weighted by atomic mass is 9.95. The monoisotopic (exact) mass is 630 g/mol. The Labute approximate surface area is 255 Å². The van der Waals surface area contributed by atoms with Crippen molar-refractivity contribution in [1.29, 1.82) is 0 Å². The second kappa shape index (κ2) is 11.3. The summed E-state index contributed by atoms with van der Waals surface area (Å²) in [6.45, 7) is 1.80. The highest BCUT2D eigenvalue weighted by Crippen LogP contribution is 2.42. The fourth-order valence-electron chi connectivity index (χ4n) is 5.93. The SMILES string of the molecule is Cc1nc(C(=O)c2ccc3nn(C)c(Cl)c3c2Cl)c(Cl)nc1N1C2CC[C@@H]1[C@@H](F)[C@@H](NC(=O)OCc1ccccc1)C2. The summed E-state index contributed by atoms with van der Waals surface area (Å²) >= 11 is 19.4. The molecular formula is C29H26Cl3FN6O3. The largest absolute Gasteiger partial charge is 0.445 e. The number of ketones is 1. The third-order valence-corrected chi connectivity index (χ3v) is 9.01. The molecule has 0 saturated carbocycles. The lowest BCUT2D eigenvalue weighted by molar-refractivity contribution is 0.103. The number of anilines is 1. The Hall–Kier alpha value is -3.47. The van der Waals surface area contributed by atoms with Gasteiger partial charge in [-0.3, -0.25) is 9.48 Å². The van der Waals surface area contributed by atoms with Gasteiger partial charge in [-0.05, 0) is 43.9 Å². The highest BCUT2D eigenvalue weighted by atomic mass is 35.5. The standard InChI is InChI=1S/C29H26Cl3FN6O3/c1-14-28(36-26(31)24(34-14)25(40)17-9-10-18-21(22(17)30)27(32)38(2)37-18)39-16-8-11-20(39)23(33)19(12-16)35-29(41)42-13-15-6-4-3-5-7-15/h3-7,9-10,16,19-20,23H,8,11-13H2,1-2H3,(H,35,41)/t16?,19-,20+,23-/m0/s1. The quantitative estimate of drug-likeness (QED) is 0.252. The van der Waals surface area contributed by atoms with Crippen molar-refractivity contribution in [3.63, 3.8) is 0 Å². The van der Waals surface area contributed by atoms with Gasteiger partial charge in [-0.15, -0.1) is 0 Å². The molecule has 2 bridgehead atoms. The van der Waals surface area contributed by atoms with E-state index in [2.05, 4.69) is 20.4 Å². The van der Waals surface area contributed by atoms with Crippen molar-refractivity contribution in [2.24, 2.45) is 7.05 Å². The smallest absolute Gasteiger partial charge is 0.407 e. The van der Waals surface area contributed by atoms with E-state index in [1.807, 2.05) is 35.2 Å². The zero-order valence-electron chi connectivity index (χ0n) is 22.7. The number of aromatic nitrogens is 4. The van der Waals surface area contributed by atoms with Gasteiger partial charge in [-0.1, -0.05) is 65.1 Å². The predicted octanol–water partition coefficient (Wildman–Crippen LogP) is 6.24. The number of piperidine rings is 1. The number of ether oxygens (including phenoxy) is 1. The molecule has 0 radical (unpaired) electrons. The molecule has 4 atom stereocenters. The molecule has 2 aromatic carbocycles. The van der Waals surface area contributed by atoms with Gasteiger partial charge in [-0.2, -0.15) is 5.10 Å². The van der Waals surface area contributed by atoms with Crippen LogP contribution in [0.15, 0.2) is 42.5 Å². The van der Waals surface area contributed by atoms with Crippen molar-refractivity contribution in [2.45, 2.75) is 57.1 Å². The molecule has 2 saturated heterocycles. The van der Waals surface area contributed by atoms with Gasteiger partial charge in [0.25, 0.3) is 0 Å². The van der Waals surface area contributed by atoms with Crippen molar-refractivity contribution in [1.82, 2.24) is 25.1 Å². The van der Waals surface area contributed by atoms with Crippen LogP contribution in [0.5, 0.6) is 0 Å². The Morgan fingerprint density at radius 3 is 2.62 bits per heavy atom. The van der Waals surface area contributed by atoms with Crippen LogP contribution in [0.2, 0.25) is 15.3 Å². The zero-order chi connectivity index (χ0) is 29.7. The van der Waals surface area contributed by atoms with E-state index >= 15 is 4.39 Å². The fourth-order valence-corrected chi connectivity index (χ4v) is 6.75. The molecule has 13 heteroatoms. The number of halogens is 4. The topological polar surface area (TPSA) is 102 Å². The van der Waals surface area contributed by atoms with E-state index in [0.29, 0.717) is 46.8 Å². The molecule has 2 aliphatic rings. The van der Waals surface area contributed by atoms with E-state index in [1.54, 1.807) is 26.1 Å². The highest BCUT2D eigenvalue weighted by Gasteiger charge is 2.49. The Morgan fingerprint density at radius 2 is 1.86 bits per heavy atom. The number of fused-ring (bicyclic) bond motifs is 3. The number of nitrogens with zero attached hydrogens (tertiary/aromatic N) is 5. The van der Waals surface area contributed by atoms with Crippen LogP contribution in [0.4, 0.5) is 15.0 Å². The lowest BCUT2D eigenvalue weighted by Gasteiger charge is -2.42. The second-order valence-corrected chi connectivity index (χ2v) is 11.6. The van der Waals surface area contributed by atoms with E-state index in [1.165, 1.54) is 4.68 Å². The van der Waals surface area contributed by atoms with E-state index in [0.717, 1.165) is 5.56 Å². The third kappa shape index (κ3) is 5.05. The molecule has 6 rings (SSSR count). The molecule has 1 amide bonds. The first-order valence-electron chi connectivity index (χ1n) is 13.4. The Kier molecular flexibility index (Phi) is 7.72. The molecule has 2 aromatic heterocycles. The van der Waals surface area contributed by atoms with E-state index in [-0.39, 0.29) is 34.1 Å². The number of aryl methyl sites for hydroxylation is 2. The molecule has 1 N–H and O–H groups in total. The van der Waals surface area contributed by atoms with Crippen LogP contribution in [-0.2, 0) is 18.4 Å². The summed E-state index contributed by atoms with van der Waals surface area (Å²) in [6, 6.07) is 11.1. The highest BCUT2D eigenvalue weighted by molar-refractivity contribution is 6.44. The van der Waals surface area contributed by atoms with E-state index < -0.39 is 30.1 Å². The summed E-state index contributed by atoms with van der Waals surface area (Å²) in [5, 5.41) is 7.76. The number of amides is 1. The van der Waals surface area contributed by atoms with Crippen LogP contribution in [-0.4, -0.2) is 55.9 Å². The summed E-state index contributed by atoms with van der Waals surface area (Å²) in [5.74, 6) is -0.106. The molecule has 2 aliphatic heterocycles. The maximum Gasteiger partial charge on any atom is 0.407 e. The molecule has 0 aliphatic carbocycles. The summed E-state index contributed by atoms with van der Waals surface area (Å²) in [4.78, 5) is 36.9. The number of carbonyl (C=O) groups excluding carboxylic acids is 2. The van der Waals surface area contributed by atoms with Crippen LogP contribution < -0.4 is 10.2 Å². The summed E-state index contributed by atoms with van der Waals surface area (Å²) in [7, 11) is 1.68. The van der Waals surface area contributed by atoms with Gasteiger partial charge in [0, 0.05) is 18.7 Å². The number of hydrogen-bond donors (Lipinski definition) is 1. The fraction of sp³-hybridized carbons (Fsp3) is 0.345. The van der Waals surface area contributed by atoms with Gasteiger partial charge in [0.1, 0.15) is 23.6 Å². The number of carbonyl (C=O) groups is 2. The minimum absolute atomic E-state index is 0.0685. The van der Waals surface area contributed by atoms with Crippen LogP contribution in [0, 0.1) is 6.92 Å². The van der Waals surface area contributed by atoms with Crippen LogP contribution in [0.3, 0.4) is 0 Å². The molecular weight excluding hydrogens is 606 g/mol. The first-order valence-corrected chi connectivity index (χ1v) is 14.6. The number of nitrogens with one attached hydrogen (secondary N) is 1. The Balaban J connectivity index is 1.20. The molecule has 218 valence electrons. The van der Waals surface area contributed by atoms with Crippen molar-refractivity contribution >= 4 is 63.4 Å². The number of alkyl halides is 1. The van der Waals surface area contributed by atoms with Crippen LogP contribution >= 0.6 is 34.8 Å². The van der Waals surface area contributed by atoms with E-state index in [9.17, 15) is 9.59 Å². The minimum Gasteiger partial charge on any atom is -0.445 e. The van der Waals surface area contributed by atoms with Crippen molar-refractivity contribution in [2.75, 3.05) is 4.90 Å². The number of hydrogen-bond acceptors (Lipinski definition) is 7. The number of benzene rings is 2.